The molecule has 2 amide bonds. The summed E-state index contributed by atoms with van der Waals surface area (Å²) in [4.78, 5) is 36.1. The molecule has 1 aliphatic rings. The van der Waals surface area contributed by atoms with Crippen LogP contribution in [0.5, 0.6) is 0 Å². The number of para-hydroxylation sites is 2. The second kappa shape index (κ2) is 5.90. The molecule has 0 aromatic heterocycles. The maximum atomic E-state index is 12.7. The molecule has 3 rings (SSSR count). The number of ketones is 1. The molecule has 6 nitrogen and oxygen atoms in total. The first-order valence-electron chi connectivity index (χ1n) is 7.45. The van der Waals surface area contributed by atoms with E-state index in [1.807, 2.05) is 0 Å². The summed E-state index contributed by atoms with van der Waals surface area (Å²) in [5, 5.41) is 16.0. The van der Waals surface area contributed by atoms with Crippen molar-refractivity contribution in [3.63, 3.8) is 0 Å². The van der Waals surface area contributed by atoms with E-state index in [4.69, 9.17) is 0 Å². The molecule has 0 spiro atoms. The molecule has 1 aliphatic heterocycles. The molecule has 1 unspecified atom stereocenters. The summed E-state index contributed by atoms with van der Waals surface area (Å²) in [5.74, 6) is -1.37. The van der Waals surface area contributed by atoms with E-state index in [0.717, 1.165) is 0 Å². The highest BCUT2D eigenvalue weighted by Crippen LogP contribution is 2.39. The lowest BCUT2D eigenvalue weighted by Gasteiger charge is -2.20. The highest BCUT2D eigenvalue weighted by atomic mass is 16.3. The summed E-state index contributed by atoms with van der Waals surface area (Å²) in [7, 11) is 0. The van der Waals surface area contributed by atoms with Crippen molar-refractivity contribution in [1.29, 1.82) is 0 Å². The van der Waals surface area contributed by atoms with E-state index in [-0.39, 0.29) is 11.5 Å². The number of rotatable bonds is 4. The van der Waals surface area contributed by atoms with Gasteiger partial charge in [0.05, 0.1) is 12.1 Å². The van der Waals surface area contributed by atoms with Crippen molar-refractivity contribution >= 4 is 29.0 Å². The van der Waals surface area contributed by atoms with Crippen molar-refractivity contribution in [2.45, 2.75) is 18.9 Å². The molecule has 2 aromatic rings. The smallest absolute Gasteiger partial charge is 0.261 e. The van der Waals surface area contributed by atoms with Crippen LogP contribution < -0.4 is 10.6 Å². The molecule has 0 fully saturated rings. The predicted octanol–water partition coefficient (Wildman–Crippen LogP) is 2.06. The minimum Gasteiger partial charge on any atom is -0.375 e. The zero-order chi connectivity index (χ0) is 17.3. The molecule has 0 aliphatic carbocycles. The quantitative estimate of drug-likeness (QED) is 0.750. The molecule has 1 heterocycles. The number of benzene rings is 2. The van der Waals surface area contributed by atoms with Gasteiger partial charge in [0.15, 0.2) is 11.4 Å². The minimum atomic E-state index is -1.92. The molecule has 6 heteroatoms. The number of nitrogens with one attached hydrogen (secondary N) is 2. The third-order valence-electron chi connectivity index (χ3n) is 3.95. The molecule has 24 heavy (non-hydrogen) atoms. The second-order valence-electron chi connectivity index (χ2n) is 5.69. The van der Waals surface area contributed by atoms with Crippen molar-refractivity contribution in [2.24, 2.45) is 0 Å². The van der Waals surface area contributed by atoms with Crippen LogP contribution in [-0.4, -0.2) is 22.7 Å². The number of amides is 2. The molecular weight excluding hydrogens is 308 g/mol. The molecular formula is C18H16N2O4. The Balaban J connectivity index is 1.93. The van der Waals surface area contributed by atoms with E-state index in [1.54, 1.807) is 48.5 Å². The monoisotopic (exact) mass is 324 g/mol. The third-order valence-corrected chi connectivity index (χ3v) is 3.95. The normalized spacial score (nSPS) is 18.7. The lowest BCUT2D eigenvalue weighted by molar-refractivity contribution is -0.133. The Morgan fingerprint density at radius 2 is 1.79 bits per heavy atom. The van der Waals surface area contributed by atoms with Gasteiger partial charge in [0, 0.05) is 23.7 Å². The van der Waals surface area contributed by atoms with Gasteiger partial charge < -0.3 is 15.7 Å². The van der Waals surface area contributed by atoms with Crippen LogP contribution in [-0.2, 0) is 15.2 Å². The first-order chi connectivity index (χ1) is 11.4. The zero-order valence-corrected chi connectivity index (χ0v) is 13.0. The average Bonchev–Trinajstić information content (AvgIpc) is 2.78. The van der Waals surface area contributed by atoms with Crippen LogP contribution in [0.15, 0.2) is 48.5 Å². The highest BCUT2D eigenvalue weighted by molar-refractivity contribution is 6.11. The summed E-state index contributed by atoms with van der Waals surface area (Å²) >= 11 is 0. The third kappa shape index (κ3) is 2.68. The Hall–Kier alpha value is -2.99. The van der Waals surface area contributed by atoms with Crippen molar-refractivity contribution < 1.29 is 19.5 Å². The Morgan fingerprint density at radius 1 is 1.12 bits per heavy atom. The van der Waals surface area contributed by atoms with Crippen LogP contribution in [0.1, 0.15) is 29.3 Å². The van der Waals surface area contributed by atoms with Crippen LogP contribution in [0, 0.1) is 0 Å². The number of Topliss-reactive ketones (excluding diaryl/α,β-unsaturated/α-hetero) is 1. The molecule has 0 saturated carbocycles. The Labute approximate surface area is 138 Å². The van der Waals surface area contributed by atoms with Crippen LogP contribution in [0.2, 0.25) is 0 Å². The van der Waals surface area contributed by atoms with Crippen molar-refractivity contribution in [3.8, 4) is 0 Å². The number of carbonyl (C=O) groups excluding carboxylic acids is 3. The van der Waals surface area contributed by atoms with Crippen LogP contribution in [0.25, 0.3) is 0 Å². The highest BCUT2D eigenvalue weighted by Gasteiger charge is 2.46. The van der Waals surface area contributed by atoms with Gasteiger partial charge in [-0.15, -0.1) is 0 Å². The molecule has 0 radical (unpaired) electrons. The average molecular weight is 324 g/mol. The zero-order valence-electron chi connectivity index (χ0n) is 13.0. The van der Waals surface area contributed by atoms with E-state index in [9.17, 15) is 19.5 Å². The van der Waals surface area contributed by atoms with Crippen LogP contribution in [0.4, 0.5) is 11.4 Å². The second-order valence-corrected chi connectivity index (χ2v) is 5.69. The number of aliphatic hydroxyl groups is 1. The maximum Gasteiger partial charge on any atom is 0.261 e. The lowest BCUT2D eigenvalue weighted by atomic mass is 9.88. The maximum absolute atomic E-state index is 12.7. The summed E-state index contributed by atoms with van der Waals surface area (Å²) in [6, 6.07) is 13.2. The van der Waals surface area contributed by atoms with E-state index >= 15 is 0 Å². The summed E-state index contributed by atoms with van der Waals surface area (Å²) in [5.41, 5.74) is -0.450. The van der Waals surface area contributed by atoms with Gasteiger partial charge in [-0.05, 0) is 18.2 Å². The first-order valence-corrected chi connectivity index (χ1v) is 7.45. The van der Waals surface area contributed by atoms with Gasteiger partial charge >= 0.3 is 0 Å². The molecule has 122 valence electrons. The number of hydrogen-bond donors (Lipinski definition) is 3. The van der Waals surface area contributed by atoms with Crippen LogP contribution >= 0.6 is 0 Å². The largest absolute Gasteiger partial charge is 0.375 e. The topological polar surface area (TPSA) is 95.5 Å². The number of carbonyl (C=O) groups is 3. The molecule has 0 saturated heterocycles. The standard InChI is InChI=1S/C18H16N2O4/c1-11(21)19-14-8-4-2-6-12(14)16(22)10-18(24)13-7-3-5-9-15(13)20-17(18)23/h2-9,24H,10H2,1H3,(H,19,21)(H,20,23). The number of anilines is 2. The fraction of sp³-hybridized carbons (Fsp3) is 0.167. The van der Waals surface area contributed by atoms with Gasteiger partial charge in [-0.2, -0.15) is 0 Å². The van der Waals surface area contributed by atoms with Gasteiger partial charge in [0.25, 0.3) is 5.91 Å². The van der Waals surface area contributed by atoms with Gasteiger partial charge in [0.1, 0.15) is 0 Å². The molecule has 1 atom stereocenters. The van der Waals surface area contributed by atoms with Gasteiger partial charge in [0.2, 0.25) is 5.91 Å². The van der Waals surface area contributed by atoms with E-state index in [2.05, 4.69) is 10.6 Å². The summed E-state index contributed by atoms with van der Waals surface area (Å²) < 4.78 is 0. The SMILES string of the molecule is CC(=O)Nc1ccccc1C(=O)CC1(O)C(=O)Nc2ccccc21. The fourth-order valence-electron chi connectivity index (χ4n) is 2.83. The first kappa shape index (κ1) is 15.9. The van der Waals surface area contributed by atoms with Crippen molar-refractivity contribution in [2.75, 3.05) is 10.6 Å². The van der Waals surface area contributed by atoms with E-state index in [1.165, 1.54) is 6.92 Å². The van der Waals surface area contributed by atoms with Crippen molar-refractivity contribution in [1.82, 2.24) is 0 Å². The number of hydrogen-bond acceptors (Lipinski definition) is 4. The fourth-order valence-corrected chi connectivity index (χ4v) is 2.83. The van der Waals surface area contributed by atoms with E-state index < -0.39 is 23.7 Å². The van der Waals surface area contributed by atoms with Gasteiger partial charge in [-0.25, -0.2) is 0 Å². The molecule has 3 N–H and O–H groups in total. The molecule has 2 aromatic carbocycles. The van der Waals surface area contributed by atoms with Crippen LogP contribution in [0.3, 0.4) is 0 Å². The van der Waals surface area contributed by atoms with E-state index in [0.29, 0.717) is 16.9 Å². The van der Waals surface area contributed by atoms with Gasteiger partial charge in [-0.1, -0.05) is 30.3 Å². The Bertz CT molecular complexity index is 846. The van der Waals surface area contributed by atoms with Crippen molar-refractivity contribution in [3.05, 3.63) is 59.7 Å². The minimum absolute atomic E-state index is 0.248. The summed E-state index contributed by atoms with van der Waals surface area (Å²) in [6.45, 7) is 1.34. The number of fused-ring (bicyclic) bond motifs is 1. The van der Waals surface area contributed by atoms with Gasteiger partial charge in [-0.3, -0.25) is 14.4 Å². The summed E-state index contributed by atoms with van der Waals surface area (Å²) in [6.07, 6.45) is -0.410. The Kier molecular flexibility index (Phi) is 3.91. The lowest BCUT2D eigenvalue weighted by Crippen LogP contribution is -2.36. The molecule has 0 bridgehead atoms. The predicted molar refractivity (Wildman–Crippen MR) is 88.7 cm³/mol. The Morgan fingerprint density at radius 3 is 2.54 bits per heavy atom.